The number of anilines is 2. The van der Waals surface area contributed by atoms with Crippen LogP contribution in [0.15, 0.2) is 41.5 Å². The van der Waals surface area contributed by atoms with Crippen LogP contribution in [0.1, 0.15) is 51.0 Å². The summed E-state index contributed by atoms with van der Waals surface area (Å²) >= 11 is 0. The second kappa shape index (κ2) is 7.21. The largest absolute Gasteiger partial charge is 0.370 e. The van der Waals surface area contributed by atoms with Gasteiger partial charge in [-0.3, -0.25) is 14.5 Å². The molecule has 1 atom stereocenters. The molecule has 7 nitrogen and oxygen atoms in total. The van der Waals surface area contributed by atoms with E-state index in [0.717, 1.165) is 43.1 Å². The van der Waals surface area contributed by atoms with Crippen molar-refractivity contribution >= 4 is 23.1 Å². The van der Waals surface area contributed by atoms with Crippen molar-refractivity contribution in [2.45, 2.75) is 58.2 Å². The molecule has 1 aromatic carbocycles. The molecule has 0 aliphatic carbocycles. The number of aliphatic imine (C=N–C) groups is 1. The van der Waals surface area contributed by atoms with Gasteiger partial charge < -0.3 is 15.5 Å². The number of fused-ring (bicyclic) bond motifs is 1. The number of hydrogen-bond acceptors (Lipinski definition) is 4. The number of nitrogens with one attached hydrogen (secondary N) is 2. The molecule has 29 heavy (non-hydrogen) atoms. The number of carbonyl (C=O) groups is 1. The van der Waals surface area contributed by atoms with Gasteiger partial charge in [0.2, 0.25) is 0 Å². The Bertz CT molecular complexity index is 941. The van der Waals surface area contributed by atoms with Crippen molar-refractivity contribution in [2.24, 2.45) is 4.99 Å². The van der Waals surface area contributed by atoms with Gasteiger partial charge in [-0.15, -0.1) is 0 Å². The number of amidine groups is 1. The molecule has 2 aromatic rings. The van der Waals surface area contributed by atoms with Gasteiger partial charge in [-0.2, -0.15) is 5.10 Å². The van der Waals surface area contributed by atoms with Gasteiger partial charge >= 0.3 is 0 Å². The van der Waals surface area contributed by atoms with E-state index in [9.17, 15) is 4.79 Å². The third-order valence-electron chi connectivity index (χ3n) is 5.42. The van der Waals surface area contributed by atoms with Crippen LogP contribution in [0.25, 0.3) is 0 Å². The average molecular weight is 395 g/mol. The lowest BCUT2D eigenvalue weighted by Gasteiger charge is -2.47. The maximum absolute atomic E-state index is 13.2. The lowest BCUT2D eigenvalue weighted by atomic mass is 9.84. The van der Waals surface area contributed by atoms with Crippen LogP contribution in [0.3, 0.4) is 0 Å². The van der Waals surface area contributed by atoms with Crippen molar-refractivity contribution in [1.82, 2.24) is 14.7 Å². The Morgan fingerprint density at radius 2 is 2.00 bits per heavy atom. The Labute approximate surface area is 172 Å². The number of likely N-dealkylation sites (tertiary alicyclic amines) is 1. The number of piperidine rings is 1. The van der Waals surface area contributed by atoms with E-state index in [4.69, 9.17) is 4.99 Å². The smallest absolute Gasteiger partial charge is 0.274 e. The van der Waals surface area contributed by atoms with Crippen LogP contribution < -0.4 is 10.6 Å². The fourth-order valence-electron chi connectivity index (χ4n) is 4.07. The number of aromatic nitrogens is 2. The molecule has 0 bridgehead atoms. The topological polar surface area (TPSA) is 74.6 Å². The van der Waals surface area contributed by atoms with Gasteiger partial charge in [-0.25, -0.2) is 0 Å². The first-order valence-electron chi connectivity index (χ1n) is 10.4. The highest BCUT2D eigenvalue weighted by molar-refractivity contribution is 6.10. The second-order valence-electron chi connectivity index (χ2n) is 8.90. The van der Waals surface area contributed by atoms with Gasteiger partial charge in [0.15, 0.2) is 0 Å². The molecule has 1 amide bonds. The zero-order valence-corrected chi connectivity index (χ0v) is 17.7. The number of amides is 1. The molecule has 2 aliphatic heterocycles. The summed E-state index contributed by atoms with van der Waals surface area (Å²) < 4.78 is 1.79. The zero-order valence-electron chi connectivity index (χ0n) is 17.7. The number of rotatable bonds is 2. The predicted molar refractivity (Wildman–Crippen MR) is 117 cm³/mol. The van der Waals surface area contributed by atoms with E-state index in [2.05, 4.69) is 48.6 Å². The number of aryl methyl sites for hydroxylation is 1. The maximum atomic E-state index is 13.2. The van der Waals surface area contributed by atoms with E-state index in [-0.39, 0.29) is 11.4 Å². The fraction of sp³-hybridized carbons (Fsp3) is 0.500. The molecule has 7 heteroatoms. The first-order chi connectivity index (χ1) is 13.8. The van der Waals surface area contributed by atoms with Gasteiger partial charge in [-0.1, -0.05) is 12.1 Å². The van der Waals surface area contributed by atoms with Crippen molar-refractivity contribution < 1.29 is 4.79 Å². The Morgan fingerprint density at radius 3 is 2.69 bits per heavy atom. The first kappa shape index (κ1) is 19.5. The summed E-state index contributed by atoms with van der Waals surface area (Å²) in [5.74, 6) is 0.882. The van der Waals surface area contributed by atoms with Crippen molar-refractivity contribution in [1.29, 1.82) is 0 Å². The van der Waals surface area contributed by atoms with E-state index in [0.29, 0.717) is 12.2 Å². The monoisotopic (exact) mass is 394 g/mol. The Balaban J connectivity index is 1.68. The zero-order chi connectivity index (χ0) is 20.6. The SMILES string of the molecule is CCn1ccc(C(=O)N2CCCC3(C2)Nc2ccccc2NC3=NC(C)(C)C)n1. The van der Waals surface area contributed by atoms with Gasteiger partial charge in [0.1, 0.15) is 17.1 Å². The summed E-state index contributed by atoms with van der Waals surface area (Å²) in [6.45, 7) is 10.3. The highest BCUT2D eigenvalue weighted by Crippen LogP contribution is 2.37. The van der Waals surface area contributed by atoms with Crippen molar-refractivity contribution in [2.75, 3.05) is 23.7 Å². The summed E-state index contributed by atoms with van der Waals surface area (Å²) in [6.07, 6.45) is 3.67. The van der Waals surface area contributed by atoms with Crippen molar-refractivity contribution in [3.63, 3.8) is 0 Å². The Kier molecular flexibility index (Phi) is 4.84. The van der Waals surface area contributed by atoms with Crippen LogP contribution in [0.4, 0.5) is 11.4 Å². The third-order valence-corrected chi connectivity index (χ3v) is 5.42. The Morgan fingerprint density at radius 1 is 1.24 bits per heavy atom. The molecule has 4 rings (SSSR count). The molecule has 1 unspecified atom stereocenters. The summed E-state index contributed by atoms with van der Waals surface area (Å²) in [5.41, 5.74) is 1.91. The summed E-state index contributed by atoms with van der Waals surface area (Å²) in [6, 6.07) is 9.97. The second-order valence-corrected chi connectivity index (χ2v) is 8.90. The highest BCUT2D eigenvalue weighted by atomic mass is 16.2. The van der Waals surface area contributed by atoms with Crippen LogP contribution >= 0.6 is 0 Å². The first-order valence-corrected chi connectivity index (χ1v) is 10.4. The van der Waals surface area contributed by atoms with Gasteiger partial charge in [0.25, 0.3) is 5.91 Å². The standard InChI is InChI=1S/C22H30N6O/c1-5-28-14-11-18(26-28)19(29)27-13-8-12-22(15-27)20(25-21(2,3)4)23-16-9-6-7-10-17(16)24-22/h6-7,9-11,14,24H,5,8,12-13,15H2,1-4H3,(H,23,25). The number of carbonyl (C=O) groups excluding carboxylic acids is 1. The maximum Gasteiger partial charge on any atom is 0.274 e. The van der Waals surface area contributed by atoms with Crippen LogP contribution in [0.2, 0.25) is 0 Å². The van der Waals surface area contributed by atoms with Crippen LogP contribution in [0, 0.1) is 0 Å². The number of nitrogens with zero attached hydrogens (tertiary/aromatic N) is 4. The fourth-order valence-corrected chi connectivity index (χ4v) is 4.07. The minimum Gasteiger partial charge on any atom is -0.370 e. The molecule has 1 saturated heterocycles. The molecule has 2 N–H and O–H groups in total. The molecule has 0 radical (unpaired) electrons. The molecule has 1 fully saturated rings. The molecule has 0 saturated carbocycles. The predicted octanol–water partition coefficient (Wildman–Crippen LogP) is 3.61. The normalized spacial score (nSPS) is 22.9. The molecule has 1 spiro atoms. The molecule has 3 heterocycles. The van der Waals surface area contributed by atoms with E-state index < -0.39 is 5.54 Å². The van der Waals surface area contributed by atoms with Crippen molar-refractivity contribution in [3.05, 3.63) is 42.2 Å². The quantitative estimate of drug-likeness (QED) is 0.816. The minimum absolute atomic E-state index is 0.0213. The van der Waals surface area contributed by atoms with E-state index in [1.54, 1.807) is 10.7 Å². The van der Waals surface area contributed by atoms with Gasteiger partial charge in [0.05, 0.1) is 23.5 Å². The molecular formula is C22H30N6O. The van der Waals surface area contributed by atoms with Crippen LogP contribution in [-0.2, 0) is 6.54 Å². The van der Waals surface area contributed by atoms with E-state index in [1.165, 1.54) is 0 Å². The highest BCUT2D eigenvalue weighted by Gasteiger charge is 2.45. The summed E-state index contributed by atoms with van der Waals surface area (Å²) in [5, 5.41) is 11.7. The molecule has 1 aromatic heterocycles. The Hall–Kier alpha value is -2.83. The van der Waals surface area contributed by atoms with E-state index in [1.807, 2.05) is 30.2 Å². The third kappa shape index (κ3) is 3.86. The average Bonchev–Trinajstić information content (AvgIpc) is 3.16. The summed E-state index contributed by atoms with van der Waals surface area (Å²) in [7, 11) is 0. The molecular weight excluding hydrogens is 364 g/mol. The van der Waals surface area contributed by atoms with Gasteiger partial charge in [0, 0.05) is 19.3 Å². The number of hydrogen-bond donors (Lipinski definition) is 2. The summed E-state index contributed by atoms with van der Waals surface area (Å²) in [4.78, 5) is 20.1. The molecule has 2 aliphatic rings. The lowest BCUT2D eigenvalue weighted by molar-refractivity contribution is 0.0687. The molecule has 154 valence electrons. The number of benzene rings is 1. The van der Waals surface area contributed by atoms with Crippen LogP contribution in [0.5, 0.6) is 0 Å². The minimum atomic E-state index is -0.428. The van der Waals surface area contributed by atoms with Crippen molar-refractivity contribution in [3.8, 4) is 0 Å². The lowest BCUT2D eigenvalue weighted by Crippen LogP contribution is -2.63. The van der Waals surface area contributed by atoms with Gasteiger partial charge in [-0.05, 0) is 58.7 Å². The van der Waals surface area contributed by atoms with Crippen LogP contribution in [-0.4, -0.2) is 50.6 Å². The van der Waals surface area contributed by atoms with E-state index >= 15 is 0 Å². The number of para-hydroxylation sites is 2.